The molecule has 2 aliphatic heterocycles. The lowest BCUT2D eigenvalue weighted by molar-refractivity contribution is -0.120. The van der Waals surface area contributed by atoms with Crippen LogP contribution in [0, 0.1) is 5.92 Å². The molecule has 2 rings (SSSR count). The number of carbonyl (C=O) groups excluding carboxylic acids is 2. The topological polar surface area (TPSA) is 82.9 Å². The molecule has 0 saturated heterocycles. The molecule has 1 unspecified atom stereocenters. The molecule has 56 valence electrons. The van der Waals surface area contributed by atoms with Crippen LogP contribution in [0.2, 0.25) is 0 Å². The Labute approximate surface area is 61.4 Å². The summed E-state index contributed by atoms with van der Waals surface area (Å²) in [5, 5.41) is 5.65. The first-order chi connectivity index (χ1) is 5.27. The average Bonchev–Trinajstić information content (AvgIpc) is 2.34. The molecule has 0 aromatic rings. The molecule has 1 atom stereocenters. The van der Waals surface area contributed by atoms with Crippen molar-refractivity contribution < 1.29 is 9.59 Å². The average molecular weight is 152 g/mol. The number of fused-ring (bicyclic) bond motifs is 1. The van der Waals surface area contributed by atoms with E-state index in [1.165, 1.54) is 6.21 Å². The van der Waals surface area contributed by atoms with Gasteiger partial charge in [-0.3, -0.25) is 15.5 Å². The number of amides is 3. The van der Waals surface area contributed by atoms with Crippen LogP contribution in [-0.2, 0) is 4.79 Å². The minimum atomic E-state index is -0.640. The number of aliphatic imine (C=N–C) groups is 1. The monoisotopic (exact) mass is 152 g/mol. The molecule has 0 aromatic carbocycles. The molecule has 6 nitrogen and oxygen atoms in total. The summed E-state index contributed by atoms with van der Waals surface area (Å²) in [6.45, 7) is 0. The molecule has 0 aromatic heterocycles. The molecule has 0 aliphatic carbocycles. The summed E-state index contributed by atoms with van der Waals surface area (Å²) >= 11 is 0. The number of hydrogen-bond donors (Lipinski definition) is 2. The van der Waals surface area contributed by atoms with Crippen LogP contribution in [0.3, 0.4) is 0 Å². The molecular weight excluding hydrogens is 148 g/mol. The maximum atomic E-state index is 10.9. The number of nitrogens with zero attached hydrogens (tertiary/aromatic N) is 2. The van der Waals surface area contributed by atoms with Gasteiger partial charge in [0.05, 0.1) is 0 Å². The first kappa shape index (κ1) is 6.02. The molecule has 0 fully saturated rings. The van der Waals surface area contributed by atoms with Gasteiger partial charge in [-0.25, -0.2) is 4.79 Å². The van der Waals surface area contributed by atoms with Gasteiger partial charge in [-0.05, 0) is 0 Å². The Morgan fingerprint density at radius 3 is 3.09 bits per heavy atom. The zero-order valence-corrected chi connectivity index (χ0v) is 5.37. The summed E-state index contributed by atoms with van der Waals surface area (Å²) in [6.07, 6.45) is 1.40. The zero-order valence-electron chi connectivity index (χ0n) is 5.37. The largest absolute Gasteiger partial charge is 0.349 e. The minimum absolute atomic E-state index is 0.304. The summed E-state index contributed by atoms with van der Waals surface area (Å²) in [5.41, 5.74) is 2.46. The second-order valence-corrected chi connectivity index (χ2v) is 2.16. The van der Waals surface area contributed by atoms with Crippen molar-refractivity contribution in [3.63, 3.8) is 0 Å². The number of carbonyl (C=O) groups is 2. The van der Waals surface area contributed by atoms with Gasteiger partial charge in [0.1, 0.15) is 11.8 Å². The number of rotatable bonds is 0. The molecule has 0 radical (unpaired) electrons. The highest BCUT2D eigenvalue weighted by Crippen LogP contribution is 2.05. The zero-order chi connectivity index (χ0) is 7.84. The Bertz CT molecular complexity index is 293. The predicted molar refractivity (Wildman–Crippen MR) is 36.1 cm³/mol. The summed E-state index contributed by atoms with van der Waals surface area (Å²) in [4.78, 5) is 25.0. The third kappa shape index (κ3) is 0.794. The van der Waals surface area contributed by atoms with Gasteiger partial charge >= 0.3 is 6.03 Å². The van der Waals surface area contributed by atoms with Gasteiger partial charge in [-0.1, -0.05) is 0 Å². The number of nitrogens with one attached hydrogen (secondary N) is 2. The van der Waals surface area contributed by atoms with E-state index in [9.17, 15) is 9.59 Å². The van der Waals surface area contributed by atoms with Crippen LogP contribution in [-0.4, -0.2) is 24.0 Å². The van der Waals surface area contributed by atoms with Crippen LogP contribution in [0.1, 0.15) is 0 Å². The first-order valence-corrected chi connectivity index (χ1v) is 3.00. The van der Waals surface area contributed by atoms with Gasteiger partial charge < -0.3 is 0 Å². The Hall–Kier alpha value is -1.72. The van der Waals surface area contributed by atoms with Crippen molar-refractivity contribution in [1.82, 2.24) is 10.7 Å². The van der Waals surface area contributed by atoms with Crippen molar-refractivity contribution in [3.05, 3.63) is 0 Å². The first-order valence-electron chi connectivity index (χ1n) is 3.00. The molecular formula is C5H4N4O2. The number of hydrogen-bond acceptors (Lipinski definition) is 4. The van der Waals surface area contributed by atoms with E-state index < -0.39 is 11.9 Å². The molecule has 6 heteroatoms. The molecule has 3 amide bonds. The van der Waals surface area contributed by atoms with Crippen LogP contribution in [0.15, 0.2) is 10.1 Å². The molecule has 0 saturated carbocycles. The molecule has 2 aliphatic rings. The van der Waals surface area contributed by atoms with Gasteiger partial charge in [0.25, 0.3) is 0 Å². The van der Waals surface area contributed by atoms with E-state index in [1.54, 1.807) is 0 Å². The second-order valence-electron chi connectivity index (χ2n) is 2.16. The second kappa shape index (κ2) is 1.88. The maximum Gasteiger partial charge on any atom is 0.349 e. The lowest BCUT2D eigenvalue weighted by atomic mass is 10.1. The quantitative estimate of drug-likeness (QED) is 0.459. The molecule has 2 N–H and O–H groups in total. The van der Waals surface area contributed by atoms with Crippen LogP contribution < -0.4 is 10.7 Å². The van der Waals surface area contributed by atoms with E-state index in [0.717, 1.165) is 0 Å². The van der Waals surface area contributed by atoms with E-state index in [4.69, 9.17) is 0 Å². The Balaban J connectivity index is 2.40. The molecule has 0 bridgehead atoms. The number of amidine groups is 1. The van der Waals surface area contributed by atoms with Gasteiger partial charge in [0, 0.05) is 6.21 Å². The van der Waals surface area contributed by atoms with Crippen LogP contribution in [0.4, 0.5) is 4.79 Å². The Morgan fingerprint density at radius 2 is 2.27 bits per heavy atom. The Morgan fingerprint density at radius 1 is 1.45 bits per heavy atom. The van der Waals surface area contributed by atoms with E-state index in [1.807, 2.05) is 0 Å². The highest BCUT2D eigenvalue weighted by atomic mass is 16.2. The predicted octanol–water partition coefficient (Wildman–Crippen LogP) is -1.16. The highest BCUT2D eigenvalue weighted by Gasteiger charge is 2.32. The fourth-order valence-electron chi connectivity index (χ4n) is 0.925. The molecule has 2 heterocycles. The summed E-state index contributed by atoms with van der Waals surface area (Å²) < 4.78 is 0. The third-order valence-corrected chi connectivity index (χ3v) is 1.43. The highest BCUT2D eigenvalue weighted by molar-refractivity contribution is 6.24. The van der Waals surface area contributed by atoms with Gasteiger partial charge in [-0.15, -0.1) is 0 Å². The van der Waals surface area contributed by atoms with Gasteiger partial charge in [0.2, 0.25) is 5.91 Å². The number of hydrazone groups is 1. The van der Waals surface area contributed by atoms with Crippen molar-refractivity contribution >= 4 is 24.0 Å². The Kier molecular flexibility index (Phi) is 1.03. The number of imide groups is 1. The number of urea groups is 1. The van der Waals surface area contributed by atoms with Crippen LogP contribution >= 0.6 is 0 Å². The molecule has 0 spiro atoms. The third-order valence-electron chi connectivity index (χ3n) is 1.43. The van der Waals surface area contributed by atoms with Crippen molar-refractivity contribution in [3.8, 4) is 0 Å². The van der Waals surface area contributed by atoms with Crippen molar-refractivity contribution in [1.29, 1.82) is 0 Å². The van der Waals surface area contributed by atoms with E-state index in [0.29, 0.717) is 5.84 Å². The van der Waals surface area contributed by atoms with E-state index in [2.05, 4.69) is 20.8 Å². The smallest absolute Gasteiger partial charge is 0.275 e. The summed E-state index contributed by atoms with van der Waals surface area (Å²) in [6, 6.07) is -0.640. The standard InChI is InChI=1S/C5H4N4O2/c10-4-2-1-6-9-3(2)7-5(11)8-4/h1-2H,(H2,7,8,9,10,11). The molecule has 11 heavy (non-hydrogen) atoms. The summed E-state index contributed by atoms with van der Waals surface area (Å²) in [5.74, 6) is -0.583. The van der Waals surface area contributed by atoms with Crippen LogP contribution in [0.5, 0.6) is 0 Å². The van der Waals surface area contributed by atoms with Crippen LogP contribution in [0.25, 0.3) is 0 Å². The van der Waals surface area contributed by atoms with Crippen molar-refractivity contribution in [2.75, 3.05) is 0 Å². The minimum Gasteiger partial charge on any atom is -0.275 e. The fourth-order valence-corrected chi connectivity index (χ4v) is 0.925. The van der Waals surface area contributed by atoms with Gasteiger partial charge in [-0.2, -0.15) is 10.1 Å². The van der Waals surface area contributed by atoms with Crippen molar-refractivity contribution in [2.24, 2.45) is 16.0 Å². The SMILES string of the molecule is O=C1N=C2NN=CC2C(=O)N1. The van der Waals surface area contributed by atoms with E-state index in [-0.39, 0.29) is 5.91 Å². The lowest BCUT2D eigenvalue weighted by Gasteiger charge is -2.11. The fraction of sp³-hybridized carbons (Fsp3) is 0.200. The van der Waals surface area contributed by atoms with Crippen molar-refractivity contribution in [2.45, 2.75) is 0 Å². The van der Waals surface area contributed by atoms with E-state index >= 15 is 0 Å². The lowest BCUT2D eigenvalue weighted by Crippen LogP contribution is -2.44. The normalized spacial score (nSPS) is 27.3. The summed E-state index contributed by atoms with van der Waals surface area (Å²) in [7, 11) is 0. The van der Waals surface area contributed by atoms with Gasteiger partial charge in [0.15, 0.2) is 0 Å². The maximum absolute atomic E-state index is 10.9.